The van der Waals surface area contributed by atoms with Crippen molar-refractivity contribution in [3.8, 4) is 5.75 Å². The molecule has 0 spiro atoms. The normalized spacial score (nSPS) is 19.4. The summed E-state index contributed by atoms with van der Waals surface area (Å²) < 4.78 is 24.6. The number of sulfone groups is 1. The zero-order valence-corrected chi connectivity index (χ0v) is 19.1. The Morgan fingerprint density at radius 2 is 1.75 bits per heavy atom. The van der Waals surface area contributed by atoms with Crippen LogP contribution in [0, 0.1) is 13.8 Å². The average Bonchev–Trinajstić information content (AvgIpc) is 3.04. The van der Waals surface area contributed by atoms with Gasteiger partial charge in [-0.2, -0.15) is 0 Å². The van der Waals surface area contributed by atoms with E-state index in [0.717, 1.165) is 27.8 Å². The van der Waals surface area contributed by atoms with Crippen molar-refractivity contribution in [3.05, 3.63) is 75.9 Å². The molecule has 7 heteroatoms. The van der Waals surface area contributed by atoms with E-state index in [-0.39, 0.29) is 29.1 Å². The molecule has 0 radical (unpaired) electrons. The van der Waals surface area contributed by atoms with Gasteiger partial charge in [-0.1, -0.05) is 36.4 Å². The van der Waals surface area contributed by atoms with Crippen molar-refractivity contribution in [2.75, 3.05) is 19.0 Å². The van der Waals surface area contributed by atoms with Crippen LogP contribution < -0.4 is 0 Å². The molecule has 0 unspecified atom stereocenters. The minimum atomic E-state index is -3.63. The van der Waals surface area contributed by atoms with Crippen molar-refractivity contribution < 1.29 is 28.8 Å². The number of hydrogen-bond acceptors (Lipinski definition) is 6. The molecule has 0 saturated heterocycles. The van der Waals surface area contributed by atoms with E-state index in [2.05, 4.69) is 0 Å². The second kappa shape index (κ2) is 10.0. The number of phenols is 1. The third-order valence-electron chi connectivity index (χ3n) is 5.97. The molecule has 1 aliphatic rings. The fourth-order valence-electron chi connectivity index (χ4n) is 4.32. The lowest BCUT2D eigenvalue weighted by Gasteiger charge is -2.19. The van der Waals surface area contributed by atoms with E-state index in [1.165, 1.54) is 0 Å². The summed E-state index contributed by atoms with van der Waals surface area (Å²) in [4.78, 5) is 0. The minimum absolute atomic E-state index is 0.221. The van der Waals surface area contributed by atoms with Gasteiger partial charge >= 0.3 is 0 Å². The van der Waals surface area contributed by atoms with Gasteiger partial charge in [0.1, 0.15) is 11.0 Å². The van der Waals surface area contributed by atoms with Crippen molar-refractivity contribution in [1.29, 1.82) is 0 Å². The third-order valence-corrected chi connectivity index (χ3v) is 7.99. The van der Waals surface area contributed by atoms with Crippen LogP contribution in [-0.4, -0.2) is 59.2 Å². The van der Waals surface area contributed by atoms with E-state index >= 15 is 0 Å². The van der Waals surface area contributed by atoms with Gasteiger partial charge in [0.05, 0.1) is 25.1 Å². The van der Waals surface area contributed by atoms with Crippen LogP contribution in [0.2, 0.25) is 0 Å². The first-order valence-corrected chi connectivity index (χ1v) is 12.3. The highest BCUT2D eigenvalue weighted by Crippen LogP contribution is 2.33. The molecule has 0 bridgehead atoms. The number of aryl methyl sites for hydroxylation is 2. The predicted octanol–water partition coefficient (Wildman–Crippen LogP) is 2.77. The highest BCUT2D eigenvalue weighted by molar-refractivity contribution is 7.92. The number of aromatic hydroxyl groups is 1. The Morgan fingerprint density at radius 1 is 1.12 bits per heavy atom. The molecular weight excluding hydrogens is 428 g/mol. The maximum absolute atomic E-state index is 12.3. The summed E-state index contributed by atoms with van der Waals surface area (Å²) >= 11 is 0. The highest BCUT2D eigenvalue weighted by atomic mass is 32.2. The Kier molecular flexibility index (Phi) is 7.56. The van der Waals surface area contributed by atoms with E-state index in [4.69, 9.17) is 0 Å². The summed E-state index contributed by atoms with van der Waals surface area (Å²) in [5.41, 5.74) is 4.86. The van der Waals surface area contributed by atoms with Crippen molar-refractivity contribution in [2.45, 2.75) is 38.0 Å². The monoisotopic (exact) mass is 458 g/mol. The molecule has 0 saturated carbocycles. The van der Waals surface area contributed by atoms with Crippen LogP contribution in [0.3, 0.4) is 0 Å². The summed E-state index contributed by atoms with van der Waals surface area (Å²) in [6, 6.07) is 13.5. The minimum Gasteiger partial charge on any atom is -0.507 e. The molecule has 32 heavy (non-hydrogen) atoms. The molecule has 2 aromatic carbocycles. The van der Waals surface area contributed by atoms with E-state index in [0.29, 0.717) is 6.42 Å². The highest BCUT2D eigenvalue weighted by Gasteiger charge is 2.40. The van der Waals surface area contributed by atoms with Gasteiger partial charge in [0, 0.05) is 0 Å². The van der Waals surface area contributed by atoms with E-state index in [1.807, 2.05) is 62.4 Å². The lowest BCUT2D eigenvalue weighted by molar-refractivity contribution is 0.188. The molecule has 1 aliphatic heterocycles. The summed E-state index contributed by atoms with van der Waals surface area (Å²) in [6.45, 7) is 2.59. The quantitative estimate of drug-likeness (QED) is 0.357. The van der Waals surface area contributed by atoms with Crippen LogP contribution in [-0.2, 0) is 9.84 Å². The van der Waals surface area contributed by atoms with Gasteiger partial charge in [0.25, 0.3) is 0 Å². The first-order valence-electron chi connectivity index (χ1n) is 10.6. The van der Waals surface area contributed by atoms with Crippen molar-refractivity contribution >= 4 is 21.5 Å². The van der Waals surface area contributed by atoms with Crippen LogP contribution >= 0.6 is 0 Å². The molecule has 2 atom stereocenters. The number of benzene rings is 2. The van der Waals surface area contributed by atoms with Crippen LogP contribution in [0.15, 0.2) is 53.6 Å². The van der Waals surface area contributed by atoms with Gasteiger partial charge in [-0.05, 0) is 77.8 Å². The van der Waals surface area contributed by atoms with Gasteiger partial charge in [0.2, 0.25) is 0 Å². The molecule has 4 N–H and O–H groups in total. The summed E-state index contributed by atoms with van der Waals surface area (Å²) in [7, 11) is -3.63. The molecular formula is C25H30O6S. The molecule has 0 aromatic heterocycles. The SMILES string of the molecule is Cc1cc(/C=C(/CC[C@@H](O)C2=C(CO)CS(=O)(=O)[C@H]2CO)c2ccccc2)cc(C)c1O. The Hall–Kier alpha value is -2.45. The topological polar surface area (TPSA) is 115 Å². The zero-order chi connectivity index (χ0) is 23.5. The lowest BCUT2D eigenvalue weighted by atomic mass is 9.92. The van der Waals surface area contributed by atoms with Gasteiger partial charge in [-0.3, -0.25) is 0 Å². The van der Waals surface area contributed by atoms with Crippen LogP contribution in [0.25, 0.3) is 11.6 Å². The molecule has 2 aromatic rings. The van der Waals surface area contributed by atoms with E-state index in [1.54, 1.807) is 0 Å². The molecule has 0 fully saturated rings. The van der Waals surface area contributed by atoms with Gasteiger partial charge in [-0.25, -0.2) is 8.42 Å². The Labute approximate surface area is 189 Å². The van der Waals surface area contributed by atoms with Gasteiger partial charge in [-0.15, -0.1) is 0 Å². The molecule has 6 nitrogen and oxygen atoms in total. The van der Waals surface area contributed by atoms with Crippen LogP contribution in [0.4, 0.5) is 0 Å². The lowest BCUT2D eigenvalue weighted by Crippen LogP contribution is -2.29. The van der Waals surface area contributed by atoms with E-state index in [9.17, 15) is 28.8 Å². The first-order chi connectivity index (χ1) is 15.2. The summed E-state index contributed by atoms with van der Waals surface area (Å²) in [6.07, 6.45) is 1.59. The van der Waals surface area contributed by atoms with Crippen molar-refractivity contribution in [3.63, 3.8) is 0 Å². The average molecular weight is 459 g/mol. The number of aliphatic hydroxyl groups excluding tert-OH is 3. The van der Waals surface area contributed by atoms with Crippen LogP contribution in [0.5, 0.6) is 5.75 Å². The number of hydrogen-bond donors (Lipinski definition) is 4. The number of rotatable bonds is 8. The number of aliphatic hydroxyl groups is 3. The molecule has 0 amide bonds. The number of phenolic OH excluding ortho intramolecular Hbond substituents is 1. The fraction of sp³-hybridized carbons (Fsp3) is 0.360. The maximum Gasteiger partial charge on any atom is 0.163 e. The zero-order valence-electron chi connectivity index (χ0n) is 18.3. The summed E-state index contributed by atoms with van der Waals surface area (Å²) in [5.74, 6) is -0.0750. The molecule has 3 rings (SSSR count). The summed E-state index contributed by atoms with van der Waals surface area (Å²) in [5, 5.41) is 39.0. The largest absolute Gasteiger partial charge is 0.507 e. The molecule has 0 aliphatic carbocycles. The van der Waals surface area contributed by atoms with E-state index < -0.39 is 34.4 Å². The van der Waals surface area contributed by atoms with Gasteiger partial charge < -0.3 is 20.4 Å². The third kappa shape index (κ3) is 5.13. The second-order valence-electron chi connectivity index (χ2n) is 8.29. The van der Waals surface area contributed by atoms with Crippen molar-refractivity contribution in [2.24, 2.45) is 0 Å². The second-order valence-corrected chi connectivity index (χ2v) is 10.5. The Morgan fingerprint density at radius 3 is 2.31 bits per heavy atom. The Bertz CT molecular complexity index is 1110. The fourth-order valence-corrected chi connectivity index (χ4v) is 6.20. The number of allylic oxidation sites excluding steroid dienone is 1. The maximum atomic E-state index is 12.3. The van der Waals surface area contributed by atoms with Gasteiger partial charge in [0.15, 0.2) is 9.84 Å². The first kappa shape index (κ1) is 24.2. The predicted molar refractivity (Wildman–Crippen MR) is 126 cm³/mol. The smallest absolute Gasteiger partial charge is 0.163 e. The molecule has 172 valence electrons. The van der Waals surface area contributed by atoms with Crippen molar-refractivity contribution in [1.82, 2.24) is 0 Å². The van der Waals surface area contributed by atoms with Crippen LogP contribution in [0.1, 0.15) is 35.1 Å². The standard InChI is InChI=1S/C25H30O6S/c1-16-10-18(11-17(2)25(16)29)12-20(19-6-4-3-5-7-19)8-9-22(28)24-21(13-26)15-32(30,31)23(24)14-27/h3-7,10-12,22-23,26-29H,8-9,13-15H2,1-2H3/b20-12-/t22-,23+/m1/s1. The Balaban J connectivity index is 1.92. The molecule has 1 heterocycles.